The molecule has 2 nitrogen and oxygen atoms in total. The van der Waals surface area contributed by atoms with E-state index in [4.69, 9.17) is 4.42 Å². The van der Waals surface area contributed by atoms with Crippen molar-refractivity contribution in [2.24, 2.45) is 0 Å². The minimum Gasteiger partial charge on any atom is -0.448 e. The zero-order valence-electron chi connectivity index (χ0n) is 6.97. The van der Waals surface area contributed by atoms with Gasteiger partial charge in [0.1, 0.15) is 17.6 Å². The van der Waals surface area contributed by atoms with Crippen LogP contribution in [0.15, 0.2) is 10.8 Å². The molecule has 0 amide bonds. The first-order valence-electron chi connectivity index (χ1n) is 3.70. The van der Waals surface area contributed by atoms with Crippen molar-refractivity contribution in [1.29, 1.82) is 0 Å². The molecule has 1 unspecified atom stereocenters. The Labute approximate surface area is 65.4 Å². The third kappa shape index (κ3) is 1.59. The fourth-order valence-corrected chi connectivity index (χ4v) is 0.994. The Morgan fingerprint density at radius 2 is 2.09 bits per heavy atom. The van der Waals surface area contributed by atoms with Crippen molar-refractivity contribution in [2.45, 2.75) is 32.9 Å². The van der Waals surface area contributed by atoms with Crippen LogP contribution in [0, 0.1) is 0 Å². The van der Waals surface area contributed by atoms with Crippen LogP contribution in [0.1, 0.15) is 44.3 Å². The van der Waals surface area contributed by atoms with Crippen LogP contribution in [0.3, 0.4) is 0 Å². The molecule has 0 aliphatic rings. The van der Waals surface area contributed by atoms with E-state index in [1.165, 1.54) is 13.3 Å². The lowest BCUT2D eigenvalue weighted by molar-refractivity contribution is 0.356. The first-order chi connectivity index (χ1) is 5.13. The Bertz CT molecular complexity index is 207. The summed E-state index contributed by atoms with van der Waals surface area (Å²) in [6.45, 7) is 5.36. The molecule has 0 spiro atoms. The molecule has 0 radical (unpaired) electrons. The lowest BCUT2D eigenvalue weighted by Gasteiger charge is -2.03. The van der Waals surface area contributed by atoms with Gasteiger partial charge in [-0.2, -0.15) is 0 Å². The third-order valence-corrected chi connectivity index (χ3v) is 1.53. The second-order valence-corrected chi connectivity index (χ2v) is 2.87. The molecule has 0 aliphatic heterocycles. The van der Waals surface area contributed by atoms with Gasteiger partial charge in [-0.05, 0) is 6.92 Å². The highest BCUT2D eigenvalue weighted by atomic mass is 19.1. The van der Waals surface area contributed by atoms with Gasteiger partial charge in [-0.15, -0.1) is 0 Å². The van der Waals surface area contributed by atoms with E-state index in [1.807, 2.05) is 13.8 Å². The Morgan fingerprint density at radius 1 is 1.45 bits per heavy atom. The van der Waals surface area contributed by atoms with Gasteiger partial charge in [0, 0.05) is 5.92 Å². The lowest BCUT2D eigenvalue weighted by Crippen LogP contribution is -1.94. The van der Waals surface area contributed by atoms with Crippen molar-refractivity contribution in [3.63, 3.8) is 0 Å². The van der Waals surface area contributed by atoms with E-state index < -0.39 is 6.17 Å². The van der Waals surface area contributed by atoms with E-state index in [-0.39, 0.29) is 5.92 Å². The van der Waals surface area contributed by atoms with Crippen LogP contribution in [0.25, 0.3) is 0 Å². The summed E-state index contributed by atoms with van der Waals surface area (Å²) < 4.78 is 17.8. The average Bonchev–Trinajstić information content (AvgIpc) is 2.32. The van der Waals surface area contributed by atoms with Crippen LogP contribution < -0.4 is 0 Å². The second kappa shape index (κ2) is 3.03. The van der Waals surface area contributed by atoms with E-state index in [1.54, 1.807) is 0 Å². The summed E-state index contributed by atoms with van der Waals surface area (Å²) in [5, 5.41) is 0. The summed E-state index contributed by atoms with van der Waals surface area (Å²) in [6.07, 6.45) is 0.256. The molecule has 0 fully saturated rings. The molecule has 1 rings (SSSR count). The van der Waals surface area contributed by atoms with Gasteiger partial charge in [-0.25, -0.2) is 9.37 Å². The van der Waals surface area contributed by atoms with Crippen molar-refractivity contribution in [3.8, 4) is 0 Å². The monoisotopic (exact) mass is 157 g/mol. The highest BCUT2D eigenvalue weighted by molar-refractivity contribution is 5.13. The van der Waals surface area contributed by atoms with Gasteiger partial charge in [-0.3, -0.25) is 0 Å². The molecule has 62 valence electrons. The van der Waals surface area contributed by atoms with E-state index in [0.717, 1.165) is 0 Å². The molecular weight excluding hydrogens is 145 g/mol. The predicted octanol–water partition coefficient (Wildman–Crippen LogP) is 2.83. The topological polar surface area (TPSA) is 26.0 Å². The molecule has 0 saturated carbocycles. The van der Waals surface area contributed by atoms with Gasteiger partial charge in [0.2, 0.25) is 0 Å². The van der Waals surface area contributed by atoms with E-state index in [2.05, 4.69) is 4.98 Å². The number of aromatic nitrogens is 1. The van der Waals surface area contributed by atoms with Gasteiger partial charge < -0.3 is 4.42 Å². The molecule has 0 bridgehead atoms. The van der Waals surface area contributed by atoms with E-state index in [9.17, 15) is 4.39 Å². The van der Waals surface area contributed by atoms with E-state index in [0.29, 0.717) is 11.5 Å². The number of alkyl halides is 1. The van der Waals surface area contributed by atoms with Crippen LogP contribution >= 0.6 is 0 Å². The first-order valence-corrected chi connectivity index (χ1v) is 3.70. The largest absolute Gasteiger partial charge is 0.448 e. The summed E-state index contributed by atoms with van der Waals surface area (Å²) in [5.74, 6) is 0.852. The summed E-state index contributed by atoms with van der Waals surface area (Å²) in [5.41, 5.74) is 0.431. The minimum absolute atomic E-state index is 0.200. The fraction of sp³-hybridized carbons (Fsp3) is 0.625. The van der Waals surface area contributed by atoms with Crippen molar-refractivity contribution in [3.05, 3.63) is 17.8 Å². The third-order valence-electron chi connectivity index (χ3n) is 1.53. The molecule has 0 aromatic carbocycles. The molecule has 3 heteroatoms. The Hall–Kier alpha value is -0.860. The average molecular weight is 157 g/mol. The summed E-state index contributed by atoms with van der Waals surface area (Å²) in [7, 11) is 0. The molecular formula is C8H12FNO. The maximum absolute atomic E-state index is 12.8. The maximum Gasteiger partial charge on any atom is 0.181 e. The quantitative estimate of drug-likeness (QED) is 0.659. The minimum atomic E-state index is -1.04. The summed E-state index contributed by atoms with van der Waals surface area (Å²) in [4.78, 5) is 3.80. The van der Waals surface area contributed by atoms with Gasteiger partial charge in [0.25, 0.3) is 0 Å². The summed E-state index contributed by atoms with van der Waals surface area (Å²) in [6, 6.07) is 0. The van der Waals surface area contributed by atoms with Crippen LogP contribution in [0.2, 0.25) is 0 Å². The molecule has 0 saturated heterocycles. The molecule has 0 N–H and O–H groups in total. The Kier molecular flexibility index (Phi) is 2.27. The zero-order chi connectivity index (χ0) is 8.43. The number of nitrogens with zero attached hydrogens (tertiary/aromatic N) is 1. The maximum atomic E-state index is 12.8. The zero-order valence-corrected chi connectivity index (χ0v) is 6.97. The molecule has 1 aromatic heterocycles. The van der Waals surface area contributed by atoms with Crippen molar-refractivity contribution >= 4 is 0 Å². The summed E-state index contributed by atoms with van der Waals surface area (Å²) >= 11 is 0. The van der Waals surface area contributed by atoms with Crippen LogP contribution in [0.5, 0.6) is 0 Å². The van der Waals surface area contributed by atoms with Gasteiger partial charge >= 0.3 is 0 Å². The number of hydrogen-bond acceptors (Lipinski definition) is 2. The highest BCUT2D eigenvalue weighted by Gasteiger charge is 2.16. The molecule has 1 heterocycles. The lowest BCUT2D eigenvalue weighted by atomic mass is 10.1. The SMILES string of the molecule is CC(C)c1ocnc1C(C)F. The second-order valence-electron chi connectivity index (χ2n) is 2.87. The first kappa shape index (κ1) is 8.24. The Balaban J connectivity index is 2.96. The van der Waals surface area contributed by atoms with Crippen LogP contribution in [0.4, 0.5) is 4.39 Å². The molecule has 1 aromatic rings. The molecule has 1 atom stereocenters. The van der Waals surface area contributed by atoms with Crippen molar-refractivity contribution < 1.29 is 8.81 Å². The van der Waals surface area contributed by atoms with Gasteiger partial charge in [0.05, 0.1) is 0 Å². The molecule has 11 heavy (non-hydrogen) atoms. The predicted molar refractivity (Wildman–Crippen MR) is 40.1 cm³/mol. The molecule has 0 aliphatic carbocycles. The number of rotatable bonds is 2. The van der Waals surface area contributed by atoms with Gasteiger partial charge in [0.15, 0.2) is 6.39 Å². The standard InChI is InChI=1S/C8H12FNO/c1-5(2)8-7(6(3)9)10-4-11-8/h4-6H,1-3H3. The Morgan fingerprint density at radius 3 is 2.45 bits per heavy atom. The van der Waals surface area contributed by atoms with Gasteiger partial charge in [-0.1, -0.05) is 13.8 Å². The number of halogens is 1. The highest BCUT2D eigenvalue weighted by Crippen LogP contribution is 2.25. The van der Waals surface area contributed by atoms with Crippen LogP contribution in [-0.2, 0) is 0 Å². The van der Waals surface area contributed by atoms with Crippen molar-refractivity contribution in [1.82, 2.24) is 4.98 Å². The van der Waals surface area contributed by atoms with E-state index >= 15 is 0 Å². The van der Waals surface area contributed by atoms with Crippen LogP contribution in [-0.4, -0.2) is 4.98 Å². The smallest absolute Gasteiger partial charge is 0.181 e. The fourth-order valence-electron chi connectivity index (χ4n) is 0.994. The normalized spacial score (nSPS) is 13.9. The number of hydrogen-bond donors (Lipinski definition) is 0. The number of oxazole rings is 1. The van der Waals surface area contributed by atoms with Crippen molar-refractivity contribution in [2.75, 3.05) is 0 Å².